The van der Waals surface area contributed by atoms with Crippen LogP contribution in [0.4, 0.5) is 4.79 Å². The van der Waals surface area contributed by atoms with Crippen molar-refractivity contribution in [2.45, 2.75) is 6.42 Å². The predicted octanol–water partition coefficient (Wildman–Crippen LogP) is 0.323. The monoisotopic (exact) mass is 382 g/mol. The van der Waals surface area contributed by atoms with Gasteiger partial charge in [0, 0.05) is 32.5 Å². The summed E-state index contributed by atoms with van der Waals surface area (Å²) in [7, 11) is 2.89. The number of rotatable bonds is 8. The smallest absolute Gasteiger partial charge is 0.316 e. The predicted molar refractivity (Wildman–Crippen MR) is 92.1 cm³/mol. The molecule has 0 spiro atoms. The molecule has 2 rings (SSSR count). The van der Waals surface area contributed by atoms with Gasteiger partial charge >= 0.3 is 6.03 Å². The van der Waals surface area contributed by atoms with E-state index in [1.54, 1.807) is 0 Å². The number of hydrogen-bond donors (Lipinski definition) is 3. The number of nitrogens with zero attached hydrogens (tertiary/aromatic N) is 1. The minimum Gasteiger partial charge on any atom is -0.361 e. The van der Waals surface area contributed by atoms with Gasteiger partial charge in [-0.2, -0.15) is 0 Å². The zero-order valence-corrected chi connectivity index (χ0v) is 15.0. The Balaban J connectivity index is 1.87. The minimum absolute atomic E-state index is 0.0734. The standard InChI is InChI=1S/C15H18N4O6S/c1-16-14(22)11-10-12(21)9(6-8(20)13(10)25-19-11)26-5-3-4-24-7-18-15(23)17-2/h6H,3-5,7H2,1-2H3,(H,16,22)(H2,17,18,23). The van der Waals surface area contributed by atoms with Crippen LogP contribution in [0.3, 0.4) is 0 Å². The molecule has 1 aromatic heterocycles. The van der Waals surface area contributed by atoms with Crippen LogP contribution in [0.15, 0.2) is 15.5 Å². The van der Waals surface area contributed by atoms with Gasteiger partial charge < -0.3 is 25.2 Å². The number of hydrogen-bond acceptors (Lipinski definition) is 8. The van der Waals surface area contributed by atoms with Crippen LogP contribution in [0.1, 0.15) is 37.8 Å². The fourth-order valence-corrected chi connectivity index (χ4v) is 2.95. The highest BCUT2D eigenvalue weighted by molar-refractivity contribution is 8.04. The lowest BCUT2D eigenvalue weighted by molar-refractivity contribution is 0.0944. The van der Waals surface area contributed by atoms with Crippen molar-refractivity contribution in [3.05, 3.63) is 28.0 Å². The van der Waals surface area contributed by atoms with Crippen LogP contribution in [-0.4, -0.2) is 61.8 Å². The molecule has 26 heavy (non-hydrogen) atoms. The number of ketones is 2. The van der Waals surface area contributed by atoms with Gasteiger partial charge in [0.25, 0.3) is 5.91 Å². The summed E-state index contributed by atoms with van der Waals surface area (Å²) in [5.74, 6) is -1.27. The van der Waals surface area contributed by atoms with E-state index in [0.29, 0.717) is 18.8 Å². The number of aromatic nitrogens is 1. The second kappa shape index (κ2) is 9.15. The average molecular weight is 382 g/mol. The van der Waals surface area contributed by atoms with Gasteiger partial charge in [-0.25, -0.2) is 4.79 Å². The first-order chi connectivity index (χ1) is 12.5. The van der Waals surface area contributed by atoms with Crippen LogP contribution in [-0.2, 0) is 4.74 Å². The first-order valence-electron chi connectivity index (χ1n) is 7.68. The van der Waals surface area contributed by atoms with Gasteiger partial charge in [-0.1, -0.05) is 5.16 Å². The normalized spacial score (nSPS) is 13.1. The maximum atomic E-state index is 12.5. The van der Waals surface area contributed by atoms with Crippen molar-refractivity contribution in [3.8, 4) is 0 Å². The fourth-order valence-electron chi connectivity index (χ4n) is 2.04. The Morgan fingerprint density at radius 1 is 1.27 bits per heavy atom. The van der Waals surface area contributed by atoms with E-state index < -0.39 is 17.5 Å². The molecule has 11 heteroatoms. The number of carbonyl (C=O) groups excluding carboxylic acids is 4. The molecule has 0 saturated carbocycles. The molecule has 0 aliphatic heterocycles. The van der Waals surface area contributed by atoms with Crippen LogP contribution >= 0.6 is 11.8 Å². The quantitative estimate of drug-likeness (QED) is 0.431. The molecule has 0 atom stereocenters. The molecule has 0 bridgehead atoms. The first kappa shape index (κ1) is 19.7. The summed E-state index contributed by atoms with van der Waals surface area (Å²) in [6.07, 6.45) is 1.78. The highest BCUT2D eigenvalue weighted by Gasteiger charge is 2.35. The van der Waals surface area contributed by atoms with Crippen molar-refractivity contribution >= 4 is 35.3 Å². The van der Waals surface area contributed by atoms with E-state index in [1.165, 1.54) is 31.9 Å². The Kier molecular flexibility index (Phi) is 6.92. The summed E-state index contributed by atoms with van der Waals surface area (Å²) in [4.78, 5) is 47.5. The van der Waals surface area contributed by atoms with Crippen LogP contribution in [0.25, 0.3) is 0 Å². The number of urea groups is 1. The maximum Gasteiger partial charge on any atom is 0.316 e. The zero-order chi connectivity index (χ0) is 19.1. The highest BCUT2D eigenvalue weighted by atomic mass is 32.2. The van der Waals surface area contributed by atoms with Crippen LogP contribution in [0.5, 0.6) is 0 Å². The van der Waals surface area contributed by atoms with Crippen LogP contribution in [0.2, 0.25) is 0 Å². The lowest BCUT2D eigenvalue weighted by atomic mass is 10.00. The van der Waals surface area contributed by atoms with E-state index >= 15 is 0 Å². The third-order valence-corrected chi connectivity index (χ3v) is 4.43. The molecule has 0 aromatic carbocycles. The van der Waals surface area contributed by atoms with Gasteiger partial charge in [0.05, 0.1) is 4.91 Å². The van der Waals surface area contributed by atoms with E-state index in [-0.39, 0.29) is 34.7 Å². The number of carbonyl (C=O) groups is 4. The number of allylic oxidation sites excluding steroid dienone is 2. The van der Waals surface area contributed by atoms with Crippen LogP contribution in [0, 0.1) is 0 Å². The summed E-state index contributed by atoms with van der Waals surface area (Å²) < 4.78 is 10.1. The van der Waals surface area contributed by atoms with Crippen molar-refractivity contribution < 1.29 is 28.4 Å². The second-order valence-corrected chi connectivity index (χ2v) is 6.16. The van der Waals surface area contributed by atoms with E-state index in [0.717, 1.165) is 0 Å². The number of amides is 3. The molecule has 3 N–H and O–H groups in total. The van der Waals surface area contributed by atoms with Crippen LogP contribution < -0.4 is 16.0 Å². The van der Waals surface area contributed by atoms with Gasteiger partial charge in [-0.3, -0.25) is 14.4 Å². The molecule has 1 aliphatic rings. The Bertz CT molecular complexity index is 757. The van der Waals surface area contributed by atoms with E-state index in [1.807, 2.05) is 0 Å². The Morgan fingerprint density at radius 3 is 2.73 bits per heavy atom. The molecule has 0 unspecified atom stereocenters. The Hall–Kier alpha value is -2.66. The summed E-state index contributed by atoms with van der Waals surface area (Å²) in [6, 6.07) is -0.340. The zero-order valence-electron chi connectivity index (χ0n) is 14.2. The Labute approximate surface area is 153 Å². The summed E-state index contributed by atoms with van der Waals surface area (Å²) in [5, 5.41) is 10.7. The van der Waals surface area contributed by atoms with Gasteiger partial charge in [-0.15, -0.1) is 11.8 Å². The van der Waals surface area contributed by atoms with Crippen molar-refractivity contribution in [3.63, 3.8) is 0 Å². The maximum absolute atomic E-state index is 12.5. The second-order valence-electron chi connectivity index (χ2n) is 5.03. The third-order valence-electron chi connectivity index (χ3n) is 3.32. The lowest BCUT2D eigenvalue weighted by Crippen LogP contribution is -2.34. The number of ether oxygens (including phenoxy) is 1. The highest BCUT2D eigenvalue weighted by Crippen LogP contribution is 2.30. The minimum atomic E-state index is -0.598. The number of thioether (sulfide) groups is 1. The molecular weight excluding hydrogens is 364 g/mol. The molecule has 3 amide bonds. The lowest BCUT2D eigenvalue weighted by Gasteiger charge is -2.11. The van der Waals surface area contributed by atoms with Gasteiger partial charge in [0.2, 0.25) is 17.3 Å². The van der Waals surface area contributed by atoms with Crippen molar-refractivity contribution in [2.75, 3.05) is 33.2 Å². The van der Waals surface area contributed by atoms with Gasteiger partial charge in [-0.05, 0) is 6.42 Å². The molecule has 1 aliphatic carbocycles. The van der Waals surface area contributed by atoms with Crippen molar-refractivity contribution in [1.82, 2.24) is 21.1 Å². The average Bonchev–Trinajstić information content (AvgIpc) is 3.09. The van der Waals surface area contributed by atoms with Gasteiger partial charge in [0.1, 0.15) is 12.3 Å². The van der Waals surface area contributed by atoms with Crippen molar-refractivity contribution in [2.24, 2.45) is 0 Å². The molecule has 1 aromatic rings. The topological polar surface area (TPSA) is 140 Å². The van der Waals surface area contributed by atoms with Crippen molar-refractivity contribution in [1.29, 1.82) is 0 Å². The van der Waals surface area contributed by atoms with E-state index in [4.69, 9.17) is 9.26 Å². The molecule has 0 saturated heterocycles. The van der Waals surface area contributed by atoms with Gasteiger partial charge in [0.15, 0.2) is 5.69 Å². The van der Waals surface area contributed by atoms with E-state index in [2.05, 4.69) is 21.1 Å². The Morgan fingerprint density at radius 2 is 2.04 bits per heavy atom. The number of nitrogens with one attached hydrogen (secondary N) is 3. The van der Waals surface area contributed by atoms with E-state index in [9.17, 15) is 19.2 Å². The first-order valence-corrected chi connectivity index (χ1v) is 8.66. The molecule has 140 valence electrons. The molecule has 1 heterocycles. The summed E-state index contributed by atoms with van der Waals surface area (Å²) in [6.45, 7) is 0.443. The molecule has 0 fully saturated rings. The third kappa shape index (κ3) is 4.49. The fraction of sp³-hybridized carbons (Fsp3) is 0.400. The molecular formula is C15H18N4O6S. The molecule has 0 radical (unpaired) electrons. The number of Topliss-reactive ketones (excluding diaryl/α,β-unsaturated/α-hetero) is 1. The summed E-state index contributed by atoms with van der Waals surface area (Å²) >= 11 is 1.18. The largest absolute Gasteiger partial charge is 0.361 e. The molecule has 10 nitrogen and oxygen atoms in total. The SMILES string of the molecule is CNC(=O)NCOCCCSC1=CC(=O)c2onc(C(=O)NC)c2C1=O. The summed E-state index contributed by atoms with van der Waals surface area (Å²) in [5.41, 5.74) is -0.305. The number of fused-ring (bicyclic) bond motifs is 1.